The van der Waals surface area contributed by atoms with Crippen LogP contribution in [0.2, 0.25) is 0 Å². The van der Waals surface area contributed by atoms with Gasteiger partial charge in [0, 0.05) is 19.1 Å². The van der Waals surface area contributed by atoms with E-state index < -0.39 is 27.9 Å². The maximum absolute atomic E-state index is 11.8. The van der Waals surface area contributed by atoms with Crippen molar-refractivity contribution in [3.63, 3.8) is 0 Å². The first-order valence-corrected chi connectivity index (χ1v) is 6.64. The van der Waals surface area contributed by atoms with Gasteiger partial charge in [0.15, 0.2) is 0 Å². The minimum absolute atomic E-state index is 0.129. The lowest BCUT2D eigenvalue weighted by atomic mass is 10.1. The lowest BCUT2D eigenvalue weighted by Gasteiger charge is -2.32. The Balaban J connectivity index is 4.76. The largest absolute Gasteiger partial charge is 0.446 e. The third-order valence-electron chi connectivity index (χ3n) is 2.27. The van der Waals surface area contributed by atoms with Crippen LogP contribution in [0.1, 0.15) is 27.7 Å². The zero-order chi connectivity index (χ0) is 13.9. The molecule has 0 radical (unpaired) electrons. The summed E-state index contributed by atoms with van der Waals surface area (Å²) < 4.78 is 31.1. The van der Waals surface area contributed by atoms with E-state index >= 15 is 0 Å². The summed E-state index contributed by atoms with van der Waals surface area (Å²) in [5.74, 6) is 0. The van der Waals surface area contributed by atoms with Gasteiger partial charge in [-0.25, -0.2) is 9.52 Å². The van der Waals surface area contributed by atoms with E-state index in [0.717, 1.165) is 4.31 Å². The van der Waals surface area contributed by atoms with Gasteiger partial charge in [-0.15, -0.1) is 0 Å². The van der Waals surface area contributed by atoms with Gasteiger partial charge in [-0.1, -0.05) is 0 Å². The van der Waals surface area contributed by atoms with Gasteiger partial charge in [0.1, 0.15) is 0 Å². The molecular weight excluding hydrogens is 246 g/mol. The fraction of sp³-hybridized carbons (Fsp3) is 0.889. The molecule has 0 aliphatic carbocycles. The zero-order valence-corrected chi connectivity index (χ0v) is 11.7. The maximum Gasteiger partial charge on any atom is 0.422 e. The normalized spacial score (nSPS) is 12.9. The van der Waals surface area contributed by atoms with E-state index in [-0.39, 0.29) is 6.54 Å². The summed E-state index contributed by atoms with van der Waals surface area (Å²) >= 11 is 0. The number of nitrogens with two attached hydrogens (primary N) is 1. The Labute approximate surface area is 102 Å². The molecule has 17 heavy (non-hydrogen) atoms. The quantitative estimate of drug-likeness (QED) is 0.732. The van der Waals surface area contributed by atoms with Gasteiger partial charge in [0.25, 0.3) is 0 Å². The van der Waals surface area contributed by atoms with Gasteiger partial charge in [-0.3, -0.25) is 0 Å². The van der Waals surface area contributed by atoms with Gasteiger partial charge < -0.3 is 10.5 Å². The molecule has 7 nitrogen and oxygen atoms in total. The number of ether oxygens (including phenoxy) is 1. The second-order valence-electron chi connectivity index (χ2n) is 4.55. The van der Waals surface area contributed by atoms with Crippen LogP contribution >= 0.6 is 0 Å². The van der Waals surface area contributed by atoms with E-state index in [0.29, 0.717) is 0 Å². The van der Waals surface area contributed by atoms with Crippen molar-refractivity contribution in [3.05, 3.63) is 0 Å². The molecule has 0 fully saturated rings. The fourth-order valence-corrected chi connectivity index (χ4v) is 1.99. The molecule has 0 rings (SSSR count). The van der Waals surface area contributed by atoms with Gasteiger partial charge >= 0.3 is 16.3 Å². The van der Waals surface area contributed by atoms with Crippen LogP contribution in [0.15, 0.2) is 0 Å². The van der Waals surface area contributed by atoms with E-state index in [2.05, 4.69) is 0 Å². The molecule has 0 aromatic rings. The molecule has 0 bridgehead atoms. The summed E-state index contributed by atoms with van der Waals surface area (Å²) in [5, 5.41) is 0. The molecule has 0 aromatic heterocycles. The Hall–Kier alpha value is -0.860. The van der Waals surface area contributed by atoms with E-state index in [4.69, 9.17) is 10.5 Å². The van der Waals surface area contributed by atoms with Crippen LogP contribution in [0.4, 0.5) is 4.79 Å². The molecule has 102 valence electrons. The highest BCUT2D eigenvalue weighted by molar-refractivity contribution is 7.87. The third kappa shape index (κ3) is 4.88. The van der Waals surface area contributed by atoms with Crippen LogP contribution in [0, 0.1) is 0 Å². The number of carbonyl (C=O) groups excluding carboxylic acids is 1. The Morgan fingerprint density at radius 1 is 1.47 bits per heavy atom. The van der Waals surface area contributed by atoms with Crippen LogP contribution in [-0.2, 0) is 14.9 Å². The second-order valence-corrected chi connectivity index (χ2v) is 6.25. The number of rotatable bonds is 5. The Morgan fingerprint density at radius 3 is 2.29 bits per heavy atom. The highest BCUT2D eigenvalue weighted by Gasteiger charge is 2.33. The molecule has 0 aromatic carbocycles. The van der Waals surface area contributed by atoms with Crippen LogP contribution in [0.3, 0.4) is 0 Å². The molecule has 8 heteroatoms. The highest BCUT2D eigenvalue weighted by atomic mass is 32.2. The summed E-state index contributed by atoms with van der Waals surface area (Å²) in [6, 6.07) is 0. The van der Waals surface area contributed by atoms with Gasteiger partial charge in [0.2, 0.25) is 0 Å². The third-order valence-corrected chi connectivity index (χ3v) is 3.91. The minimum atomic E-state index is -3.95. The average molecular weight is 267 g/mol. The predicted octanol–water partition coefficient (Wildman–Crippen LogP) is 0.0349. The molecule has 0 unspecified atom stereocenters. The molecule has 0 saturated heterocycles. The first-order chi connectivity index (χ1) is 7.53. The monoisotopic (exact) mass is 267 g/mol. The molecule has 0 atom stereocenters. The number of likely N-dealkylation sites (N-methyl/N-ethyl adjacent to an activating group) is 1. The summed E-state index contributed by atoms with van der Waals surface area (Å²) in [6.45, 7) is 6.68. The highest BCUT2D eigenvalue weighted by Crippen LogP contribution is 2.13. The number of hydrogen-bond acceptors (Lipinski definition) is 5. The van der Waals surface area contributed by atoms with Crippen molar-refractivity contribution < 1.29 is 17.9 Å². The Kier molecular flexibility index (Phi) is 5.37. The molecule has 1 amide bonds. The molecule has 0 heterocycles. The van der Waals surface area contributed by atoms with Crippen molar-refractivity contribution in [2.45, 2.75) is 39.3 Å². The average Bonchev–Trinajstić information content (AvgIpc) is 2.14. The minimum Gasteiger partial charge on any atom is -0.446 e. The zero-order valence-electron chi connectivity index (χ0n) is 10.9. The topological polar surface area (TPSA) is 102 Å². The first-order valence-electron chi connectivity index (χ1n) is 5.20. The molecule has 0 spiro atoms. The SMILES string of the molecule is CC(C)OC(=O)NS(=O)(=O)N(C)C(C)(C)CN. The number of nitrogens with one attached hydrogen (secondary N) is 1. The maximum atomic E-state index is 11.8. The van der Waals surface area contributed by atoms with Crippen molar-refractivity contribution >= 4 is 16.3 Å². The fourth-order valence-electron chi connectivity index (χ4n) is 0.866. The van der Waals surface area contributed by atoms with Crippen molar-refractivity contribution in [2.75, 3.05) is 13.6 Å². The smallest absolute Gasteiger partial charge is 0.422 e. The van der Waals surface area contributed by atoms with Gasteiger partial charge in [-0.05, 0) is 27.7 Å². The van der Waals surface area contributed by atoms with Gasteiger partial charge in [0.05, 0.1) is 6.10 Å². The number of nitrogens with zero attached hydrogens (tertiary/aromatic N) is 1. The van der Waals surface area contributed by atoms with E-state index in [1.165, 1.54) is 7.05 Å². The van der Waals surface area contributed by atoms with Crippen molar-refractivity contribution in [1.29, 1.82) is 0 Å². The predicted molar refractivity (Wildman–Crippen MR) is 64.6 cm³/mol. The molecule has 0 aliphatic heterocycles. The number of hydrogen-bond donors (Lipinski definition) is 2. The van der Waals surface area contributed by atoms with Crippen molar-refractivity contribution in [3.8, 4) is 0 Å². The lowest BCUT2D eigenvalue weighted by Crippen LogP contribution is -2.54. The molecule has 0 aliphatic rings. The van der Waals surface area contributed by atoms with Crippen LogP contribution in [0.5, 0.6) is 0 Å². The van der Waals surface area contributed by atoms with Crippen molar-refractivity contribution in [1.82, 2.24) is 9.03 Å². The number of amides is 1. The van der Waals surface area contributed by atoms with E-state index in [9.17, 15) is 13.2 Å². The van der Waals surface area contributed by atoms with Crippen LogP contribution < -0.4 is 10.5 Å². The Morgan fingerprint density at radius 2 is 1.94 bits per heavy atom. The summed E-state index contributed by atoms with van der Waals surface area (Å²) in [4.78, 5) is 11.2. The second kappa shape index (κ2) is 5.65. The lowest BCUT2D eigenvalue weighted by molar-refractivity contribution is 0.120. The first kappa shape index (κ1) is 16.1. The summed E-state index contributed by atoms with van der Waals surface area (Å²) in [6.07, 6.45) is -1.39. The molecule has 0 saturated carbocycles. The van der Waals surface area contributed by atoms with Crippen LogP contribution in [0.25, 0.3) is 0 Å². The number of carbonyl (C=O) groups is 1. The van der Waals surface area contributed by atoms with E-state index in [1.54, 1.807) is 27.7 Å². The standard InChI is InChI=1S/C9H21N3O4S/c1-7(2)16-8(13)11-17(14,15)12(5)9(3,4)6-10/h7H,6,10H2,1-5H3,(H,11,13). The Bertz CT molecular complexity index is 364. The molecule has 3 N–H and O–H groups in total. The van der Waals surface area contributed by atoms with Crippen LogP contribution in [-0.4, -0.2) is 44.1 Å². The van der Waals surface area contributed by atoms with Crippen molar-refractivity contribution in [2.24, 2.45) is 5.73 Å². The van der Waals surface area contributed by atoms with E-state index in [1.807, 2.05) is 4.72 Å². The summed E-state index contributed by atoms with van der Waals surface area (Å²) in [7, 11) is -2.60. The summed E-state index contributed by atoms with van der Waals surface area (Å²) in [5.41, 5.74) is 4.68. The molecular formula is C9H21N3O4S. The van der Waals surface area contributed by atoms with Gasteiger partial charge in [-0.2, -0.15) is 12.7 Å².